The third-order valence-corrected chi connectivity index (χ3v) is 6.59. The molecule has 6 nitrogen and oxygen atoms in total. The number of carbonyl (C=O) groups is 1. The van der Waals surface area contributed by atoms with Gasteiger partial charge >= 0.3 is 0 Å². The molecule has 0 bridgehead atoms. The number of nitrogens with one attached hydrogen (secondary N) is 1. The number of benzene rings is 1. The van der Waals surface area contributed by atoms with Crippen LogP contribution in [0.4, 0.5) is 0 Å². The molecular formula is C22H30N4O2S. The minimum Gasteiger partial charge on any atom is -0.376 e. The minimum absolute atomic E-state index is 0.0138. The summed E-state index contributed by atoms with van der Waals surface area (Å²) in [7, 11) is 2.18. The molecule has 1 unspecified atom stereocenters. The van der Waals surface area contributed by atoms with Crippen molar-refractivity contribution in [1.82, 2.24) is 20.1 Å². The minimum atomic E-state index is 0.0138. The van der Waals surface area contributed by atoms with E-state index in [1.54, 1.807) is 11.3 Å². The van der Waals surface area contributed by atoms with Gasteiger partial charge in [0.05, 0.1) is 18.2 Å². The molecule has 29 heavy (non-hydrogen) atoms. The summed E-state index contributed by atoms with van der Waals surface area (Å²) in [5, 5.41) is 5.92. The van der Waals surface area contributed by atoms with Gasteiger partial charge in [0, 0.05) is 56.8 Å². The van der Waals surface area contributed by atoms with E-state index in [0.29, 0.717) is 13.0 Å². The Morgan fingerprint density at radius 1 is 1.24 bits per heavy atom. The zero-order valence-electron chi connectivity index (χ0n) is 17.1. The molecule has 1 aromatic heterocycles. The first kappa shape index (κ1) is 20.5. The second-order valence-electron chi connectivity index (χ2n) is 8.04. The highest BCUT2D eigenvalue weighted by Gasteiger charge is 2.17. The number of carbonyl (C=O) groups excluding carboxylic acids is 1. The molecule has 1 aromatic carbocycles. The van der Waals surface area contributed by atoms with Gasteiger partial charge in [-0.15, -0.1) is 11.3 Å². The third kappa shape index (κ3) is 5.85. The molecule has 156 valence electrons. The van der Waals surface area contributed by atoms with Crippen molar-refractivity contribution in [3.63, 3.8) is 0 Å². The van der Waals surface area contributed by atoms with Crippen molar-refractivity contribution in [1.29, 1.82) is 0 Å². The molecule has 1 amide bonds. The first-order chi connectivity index (χ1) is 14.2. The van der Waals surface area contributed by atoms with Gasteiger partial charge in [0.2, 0.25) is 5.91 Å². The van der Waals surface area contributed by atoms with Crippen LogP contribution in [-0.2, 0) is 22.5 Å². The predicted molar refractivity (Wildman–Crippen MR) is 116 cm³/mol. The third-order valence-electron chi connectivity index (χ3n) is 5.65. The van der Waals surface area contributed by atoms with Crippen LogP contribution in [0.1, 0.15) is 24.1 Å². The fourth-order valence-corrected chi connectivity index (χ4v) is 4.62. The Labute approximate surface area is 176 Å². The Balaban J connectivity index is 1.27. The number of piperazine rings is 1. The second kappa shape index (κ2) is 9.80. The van der Waals surface area contributed by atoms with Gasteiger partial charge < -0.3 is 15.0 Å². The number of thiazole rings is 1. The van der Waals surface area contributed by atoms with Gasteiger partial charge in [0.1, 0.15) is 5.01 Å². The van der Waals surface area contributed by atoms with Crippen molar-refractivity contribution in [3.05, 3.63) is 40.9 Å². The molecule has 4 rings (SSSR count). The van der Waals surface area contributed by atoms with E-state index in [-0.39, 0.29) is 12.0 Å². The molecule has 2 aliphatic rings. The lowest BCUT2D eigenvalue weighted by atomic mass is 10.1. The lowest BCUT2D eigenvalue weighted by Gasteiger charge is -2.32. The molecule has 0 aliphatic carbocycles. The molecule has 0 radical (unpaired) electrons. The fourth-order valence-electron chi connectivity index (χ4n) is 3.80. The van der Waals surface area contributed by atoms with E-state index in [9.17, 15) is 4.79 Å². The Morgan fingerprint density at radius 3 is 2.76 bits per heavy atom. The van der Waals surface area contributed by atoms with Crippen LogP contribution in [0.3, 0.4) is 0 Å². The SMILES string of the molecule is CN1CCN(Cc2ccc(-c3nc(CC(=O)NCC4CCCO4)cs3)cc2)CC1. The Hall–Kier alpha value is -1.80. The number of hydrogen-bond acceptors (Lipinski definition) is 6. The number of aromatic nitrogens is 1. The highest BCUT2D eigenvalue weighted by Crippen LogP contribution is 2.24. The van der Waals surface area contributed by atoms with Gasteiger partial charge in [-0.3, -0.25) is 9.69 Å². The van der Waals surface area contributed by atoms with Crippen LogP contribution in [0.2, 0.25) is 0 Å². The maximum atomic E-state index is 12.2. The highest BCUT2D eigenvalue weighted by molar-refractivity contribution is 7.13. The molecule has 7 heteroatoms. The van der Waals surface area contributed by atoms with Gasteiger partial charge in [-0.05, 0) is 25.5 Å². The van der Waals surface area contributed by atoms with Gasteiger partial charge in [-0.1, -0.05) is 24.3 Å². The van der Waals surface area contributed by atoms with Crippen molar-refractivity contribution in [3.8, 4) is 10.6 Å². The van der Waals surface area contributed by atoms with E-state index in [0.717, 1.165) is 68.4 Å². The Bertz CT molecular complexity index is 793. The predicted octanol–water partition coefficient (Wildman–Crippen LogP) is 2.40. The molecule has 2 fully saturated rings. The lowest BCUT2D eigenvalue weighted by molar-refractivity contribution is -0.121. The van der Waals surface area contributed by atoms with E-state index in [1.807, 2.05) is 5.38 Å². The Kier molecular flexibility index (Phi) is 6.92. The summed E-state index contributed by atoms with van der Waals surface area (Å²) in [6, 6.07) is 8.68. The van der Waals surface area contributed by atoms with Crippen molar-refractivity contribution in [2.45, 2.75) is 31.9 Å². The van der Waals surface area contributed by atoms with Gasteiger partial charge in [-0.25, -0.2) is 4.98 Å². The Morgan fingerprint density at radius 2 is 2.03 bits per heavy atom. The smallest absolute Gasteiger partial charge is 0.226 e. The summed E-state index contributed by atoms with van der Waals surface area (Å²) in [4.78, 5) is 21.7. The van der Waals surface area contributed by atoms with Crippen molar-refractivity contribution >= 4 is 17.2 Å². The molecule has 3 heterocycles. The average Bonchev–Trinajstić information content (AvgIpc) is 3.41. The topological polar surface area (TPSA) is 57.7 Å². The summed E-state index contributed by atoms with van der Waals surface area (Å²) in [6.07, 6.45) is 2.62. The largest absolute Gasteiger partial charge is 0.376 e. The van der Waals surface area contributed by atoms with Crippen LogP contribution in [0, 0.1) is 0 Å². The number of rotatable bonds is 7. The molecule has 2 aromatic rings. The molecule has 0 saturated carbocycles. The van der Waals surface area contributed by atoms with Crippen LogP contribution in [-0.4, -0.2) is 73.2 Å². The zero-order valence-corrected chi connectivity index (χ0v) is 17.9. The lowest BCUT2D eigenvalue weighted by Crippen LogP contribution is -2.43. The number of amides is 1. The van der Waals surface area contributed by atoms with E-state index in [4.69, 9.17) is 4.74 Å². The van der Waals surface area contributed by atoms with Crippen LogP contribution in [0.25, 0.3) is 10.6 Å². The number of nitrogens with zero attached hydrogens (tertiary/aromatic N) is 3. The molecule has 1 N–H and O–H groups in total. The van der Waals surface area contributed by atoms with Crippen molar-refractivity contribution < 1.29 is 9.53 Å². The molecule has 2 aliphatic heterocycles. The van der Waals surface area contributed by atoms with Crippen molar-refractivity contribution in [2.75, 3.05) is 46.4 Å². The van der Waals surface area contributed by atoms with Crippen molar-refractivity contribution in [2.24, 2.45) is 0 Å². The molecular weight excluding hydrogens is 384 g/mol. The van der Waals surface area contributed by atoms with E-state index in [1.165, 1.54) is 5.56 Å². The van der Waals surface area contributed by atoms with Crippen LogP contribution < -0.4 is 5.32 Å². The maximum Gasteiger partial charge on any atom is 0.226 e. The summed E-state index contributed by atoms with van der Waals surface area (Å²) in [6.45, 7) is 6.95. The standard InChI is InChI=1S/C22H30N4O2S/c1-25-8-10-26(11-9-25)15-17-4-6-18(7-5-17)22-24-19(16-29-22)13-21(27)23-14-20-3-2-12-28-20/h4-7,16,20H,2-3,8-15H2,1H3,(H,23,27). The van der Waals surface area contributed by atoms with Gasteiger partial charge in [0.15, 0.2) is 0 Å². The quantitative estimate of drug-likeness (QED) is 0.754. The first-order valence-electron chi connectivity index (χ1n) is 10.5. The normalized spacial score (nSPS) is 20.8. The maximum absolute atomic E-state index is 12.2. The van der Waals surface area contributed by atoms with E-state index < -0.39 is 0 Å². The molecule has 2 saturated heterocycles. The monoisotopic (exact) mass is 414 g/mol. The summed E-state index contributed by atoms with van der Waals surface area (Å²) >= 11 is 1.60. The highest BCUT2D eigenvalue weighted by atomic mass is 32.1. The number of likely N-dealkylation sites (N-methyl/N-ethyl adjacent to an activating group) is 1. The van der Waals surface area contributed by atoms with Crippen LogP contribution in [0.15, 0.2) is 29.6 Å². The molecule has 1 atom stereocenters. The summed E-state index contributed by atoms with van der Waals surface area (Å²) in [5.41, 5.74) is 3.28. The molecule has 0 spiro atoms. The van der Waals surface area contributed by atoms with Crippen LogP contribution >= 0.6 is 11.3 Å². The van der Waals surface area contributed by atoms with Gasteiger partial charge in [-0.2, -0.15) is 0 Å². The van der Waals surface area contributed by atoms with E-state index >= 15 is 0 Å². The summed E-state index contributed by atoms with van der Waals surface area (Å²) in [5.74, 6) is 0.0138. The second-order valence-corrected chi connectivity index (χ2v) is 8.89. The average molecular weight is 415 g/mol. The van der Waals surface area contributed by atoms with Gasteiger partial charge in [0.25, 0.3) is 0 Å². The first-order valence-corrected chi connectivity index (χ1v) is 11.4. The number of hydrogen-bond donors (Lipinski definition) is 1. The summed E-state index contributed by atoms with van der Waals surface area (Å²) < 4.78 is 5.54. The zero-order chi connectivity index (χ0) is 20.1. The number of ether oxygens (including phenoxy) is 1. The van der Waals surface area contributed by atoms with E-state index in [2.05, 4.69) is 51.4 Å². The van der Waals surface area contributed by atoms with Crippen LogP contribution in [0.5, 0.6) is 0 Å². The fraction of sp³-hybridized carbons (Fsp3) is 0.545.